The Hall–Kier alpha value is -3.36. The molecule has 0 saturated carbocycles. The van der Waals surface area contributed by atoms with Gasteiger partial charge in [-0.05, 0) is 99.2 Å². The molecule has 0 radical (unpaired) electrons. The molecule has 3 aromatic carbocycles. The number of hydrogen-bond donors (Lipinski definition) is 1. The molecule has 0 aliphatic heterocycles. The van der Waals surface area contributed by atoms with Gasteiger partial charge < -0.3 is 10.2 Å². The molecule has 2 amide bonds. The average molecular weight is 598 g/mol. The molecule has 0 bridgehead atoms. The highest BCUT2D eigenvalue weighted by Crippen LogP contribution is 2.27. The highest BCUT2D eigenvalue weighted by atomic mass is 35.5. The lowest BCUT2D eigenvalue weighted by atomic mass is 10.1. The molecular formula is C32H40ClN3O4S. The SMILES string of the molecule is CC[C@@H](C)NC(=O)[C@@H](CC)N(Cc1ccccc1C)C(=O)CN(c1ccc(C)c(C)c1)S(=O)(=O)c1ccc(Cl)cc1. The van der Waals surface area contributed by atoms with E-state index in [0.717, 1.165) is 33.0 Å². The molecular weight excluding hydrogens is 558 g/mol. The Bertz CT molecular complexity index is 1470. The summed E-state index contributed by atoms with van der Waals surface area (Å²) >= 11 is 6.03. The average Bonchev–Trinajstić information content (AvgIpc) is 2.94. The number of anilines is 1. The third-order valence-corrected chi connectivity index (χ3v) is 9.49. The van der Waals surface area contributed by atoms with Gasteiger partial charge in [-0.25, -0.2) is 8.42 Å². The third-order valence-electron chi connectivity index (χ3n) is 7.45. The Balaban J connectivity index is 2.10. The maximum absolute atomic E-state index is 14.2. The summed E-state index contributed by atoms with van der Waals surface area (Å²) in [4.78, 5) is 29.1. The van der Waals surface area contributed by atoms with E-state index in [1.807, 2.05) is 71.9 Å². The quantitative estimate of drug-likeness (QED) is 0.270. The maximum Gasteiger partial charge on any atom is 0.264 e. The Morgan fingerprint density at radius 1 is 0.878 bits per heavy atom. The third kappa shape index (κ3) is 7.89. The second-order valence-corrected chi connectivity index (χ2v) is 12.7. The first-order valence-corrected chi connectivity index (χ1v) is 15.7. The molecule has 220 valence electrons. The molecule has 41 heavy (non-hydrogen) atoms. The van der Waals surface area contributed by atoms with E-state index in [0.29, 0.717) is 17.1 Å². The van der Waals surface area contributed by atoms with Crippen LogP contribution in [0.25, 0.3) is 0 Å². The van der Waals surface area contributed by atoms with E-state index < -0.39 is 28.5 Å². The van der Waals surface area contributed by atoms with Crippen LogP contribution < -0.4 is 9.62 Å². The number of nitrogens with zero attached hydrogens (tertiary/aromatic N) is 2. The van der Waals surface area contributed by atoms with E-state index in [-0.39, 0.29) is 23.4 Å². The van der Waals surface area contributed by atoms with Crippen LogP contribution in [0.4, 0.5) is 5.69 Å². The summed E-state index contributed by atoms with van der Waals surface area (Å²) in [5.74, 6) is -0.739. The largest absolute Gasteiger partial charge is 0.352 e. The first-order chi connectivity index (χ1) is 19.4. The van der Waals surface area contributed by atoms with Crippen LogP contribution in [0.1, 0.15) is 55.9 Å². The summed E-state index contributed by atoms with van der Waals surface area (Å²) in [5.41, 5.74) is 4.11. The van der Waals surface area contributed by atoms with Crippen LogP contribution in [-0.4, -0.2) is 43.8 Å². The van der Waals surface area contributed by atoms with Crippen LogP contribution in [0.3, 0.4) is 0 Å². The number of benzene rings is 3. The molecule has 2 atom stereocenters. The summed E-state index contributed by atoms with van der Waals surface area (Å²) in [5, 5.41) is 3.40. The van der Waals surface area contributed by atoms with Gasteiger partial charge in [0.25, 0.3) is 10.0 Å². The van der Waals surface area contributed by atoms with Crippen molar-refractivity contribution in [2.45, 2.75) is 77.9 Å². The molecule has 3 rings (SSSR count). The van der Waals surface area contributed by atoms with Crippen molar-refractivity contribution in [2.75, 3.05) is 10.8 Å². The lowest BCUT2D eigenvalue weighted by Gasteiger charge is -2.34. The fraction of sp³-hybridized carbons (Fsp3) is 0.375. The smallest absolute Gasteiger partial charge is 0.264 e. The van der Waals surface area contributed by atoms with Gasteiger partial charge in [0.2, 0.25) is 11.8 Å². The molecule has 9 heteroatoms. The molecule has 0 heterocycles. The first kappa shape index (κ1) is 32.2. The Labute approximate surface area is 249 Å². The summed E-state index contributed by atoms with van der Waals surface area (Å²) < 4.78 is 29.1. The van der Waals surface area contributed by atoms with Gasteiger partial charge in [0, 0.05) is 17.6 Å². The van der Waals surface area contributed by atoms with Gasteiger partial charge >= 0.3 is 0 Å². The zero-order chi connectivity index (χ0) is 30.3. The van der Waals surface area contributed by atoms with Crippen molar-refractivity contribution >= 4 is 39.1 Å². The number of sulfonamides is 1. The van der Waals surface area contributed by atoms with Gasteiger partial charge in [-0.1, -0.05) is 55.8 Å². The molecule has 0 aromatic heterocycles. The molecule has 0 saturated heterocycles. The van der Waals surface area contributed by atoms with Crippen molar-refractivity contribution in [3.8, 4) is 0 Å². The van der Waals surface area contributed by atoms with Crippen LogP contribution in [-0.2, 0) is 26.2 Å². The number of aryl methyl sites for hydroxylation is 3. The maximum atomic E-state index is 14.2. The van der Waals surface area contributed by atoms with Gasteiger partial charge in [-0.15, -0.1) is 0 Å². The van der Waals surface area contributed by atoms with E-state index in [9.17, 15) is 18.0 Å². The summed E-state index contributed by atoms with van der Waals surface area (Å²) in [6.45, 7) is 11.2. The zero-order valence-corrected chi connectivity index (χ0v) is 26.2. The van der Waals surface area contributed by atoms with Crippen LogP contribution in [0.5, 0.6) is 0 Å². The van der Waals surface area contributed by atoms with Crippen LogP contribution >= 0.6 is 11.6 Å². The summed E-state index contributed by atoms with van der Waals surface area (Å²) in [7, 11) is -4.16. The van der Waals surface area contributed by atoms with E-state index in [4.69, 9.17) is 11.6 Å². The van der Waals surface area contributed by atoms with Crippen molar-refractivity contribution < 1.29 is 18.0 Å². The molecule has 0 spiro atoms. The topological polar surface area (TPSA) is 86.8 Å². The fourth-order valence-corrected chi connectivity index (χ4v) is 6.01. The van der Waals surface area contributed by atoms with Gasteiger partial charge in [-0.3, -0.25) is 13.9 Å². The highest BCUT2D eigenvalue weighted by Gasteiger charge is 2.34. The number of rotatable bonds is 12. The van der Waals surface area contributed by atoms with Gasteiger partial charge in [-0.2, -0.15) is 0 Å². The van der Waals surface area contributed by atoms with E-state index >= 15 is 0 Å². The number of nitrogens with one attached hydrogen (secondary N) is 1. The number of carbonyl (C=O) groups excluding carboxylic acids is 2. The summed E-state index contributed by atoms with van der Waals surface area (Å²) in [6.07, 6.45) is 1.11. The molecule has 1 N–H and O–H groups in total. The van der Waals surface area contributed by atoms with Crippen molar-refractivity contribution in [1.82, 2.24) is 10.2 Å². The van der Waals surface area contributed by atoms with Gasteiger partial charge in [0.1, 0.15) is 12.6 Å². The van der Waals surface area contributed by atoms with Crippen molar-refractivity contribution in [1.29, 1.82) is 0 Å². The molecule has 0 unspecified atom stereocenters. The van der Waals surface area contributed by atoms with Crippen molar-refractivity contribution in [3.05, 3.63) is 94.0 Å². The van der Waals surface area contributed by atoms with Gasteiger partial charge in [0.15, 0.2) is 0 Å². The Morgan fingerprint density at radius 2 is 1.54 bits per heavy atom. The second-order valence-electron chi connectivity index (χ2n) is 10.4. The van der Waals surface area contributed by atoms with Crippen molar-refractivity contribution in [3.63, 3.8) is 0 Å². The van der Waals surface area contributed by atoms with Crippen LogP contribution in [0.2, 0.25) is 5.02 Å². The Kier molecular flexibility index (Phi) is 11.0. The van der Waals surface area contributed by atoms with E-state index in [1.54, 1.807) is 12.1 Å². The molecule has 0 fully saturated rings. The molecule has 3 aromatic rings. The van der Waals surface area contributed by atoms with E-state index in [2.05, 4.69) is 5.32 Å². The highest BCUT2D eigenvalue weighted by molar-refractivity contribution is 7.92. The number of hydrogen-bond acceptors (Lipinski definition) is 4. The summed E-state index contributed by atoms with van der Waals surface area (Å²) in [6, 6.07) is 18.0. The second kappa shape index (κ2) is 14.0. The van der Waals surface area contributed by atoms with Crippen molar-refractivity contribution in [2.24, 2.45) is 0 Å². The number of amides is 2. The normalized spacial score (nSPS) is 12.9. The van der Waals surface area contributed by atoms with Crippen LogP contribution in [0.15, 0.2) is 71.6 Å². The first-order valence-electron chi connectivity index (χ1n) is 13.9. The lowest BCUT2D eigenvalue weighted by Crippen LogP contribution is -2.53. The predicted molar refractivity (Wildman–Crippen MR) is 166 cm³/mol. The minimum atomic E-state index is -4.16. The zero-order valence-electron chi connectivity index (χ0n) is 24.6. The van der Waals surface area contributed by atoms with Crippen LogP contribution in [0, 0.1) is 20.8 Å². The predicted octanol–water partition coefficient (Wildman–Crippen LogP) is 6.18. The monoisotopic (exact) mass is 597 g/mol. The number of halogens is 1. The molecule has 7 nitrogen and oxygen atoms in total. The molecule has 0 aliphatic carbocycles. The lowest BCUT2D eigenvalue weighted by molar-refractivity contribution is -0.140. The fourth-order valence-electron chi connectivity index (χ4n) is 4.47. The van der Waals surface area contributed by atoms with Gasteiger partial charge in [0.05, 0.1) is 10.6 Å². The minimum absolute atomic E-state index is 0.0138. The molecule has 0 aliphatic rings. The minimum Gasteiger partial charge on any atom is -0.352 e. The standard InChI is InChI=1S/C32H40ClN3O4S/c1-7-25(6)34-32(38)30(8-2)35(20-26-12-10-9-11-23(26)4)31(37)21-36(28-16-13-22(3)24(5)19-28)41(39,40)29-17-14-27(33)15-18-29/h9-19,25,30H,7-8,20-21H2,1-6H3,(H,34,38)/t25-,30-/m1/s1. The Morgan fingerprint density at radius 3 is 2.12 bits per heavy atom. The van der Waals surface area contributed by atoms with E-state index in [1.165, 1.54) is 29.2 Å². The number of carbonyl (C=O) groups is 2.